The van der Waals surface area contributed by atoms with E-state index in [9.17, 15) is 9.59 Å². The van der Waals surface area contributed by atoms with Crippen LogP contribution < -0.4 is 10.6 Å². The first-order chi connectivity index (χ1) is 11.6. The third-order valence-corrected chi connectivity index (χ3v) is 4.36. The van der Waals surface area contributed by atoms with Gasteiger partial charge in [-0.1, -0.05) is 6.07 Å². The van der Waals surface area contributed by atoms with Crippen molar-refractivity contribution in [2.45, 2.75) is 6.92 Å². The molecule has 0 atom stereocenters. The van der Waals surface area contributed by atoms with Crippen LogP contribution in [-0.2, 0) is 0 Å². The average Bonchev–Trinajstić information content (AvgIpc) is 3.26. The first-order valence-corrected chi connectivity index (χ1v) is 8.09. The predicted molar refractivity (Wildman–Crippen MR) is 92.3 cm³/mol. The summed E-state index contributed by atoms with van der Waals surface area (Å²) in [5.41, 5.74) is 2.17. The number of anilines is 1. The van der Waals surface area contributed by atoms with Gasteiger partial charge in [-0.05, 0) is 42.1 Å². The van der Waals surface area contributed by atoms with Gasteiger partial charge in [-0.3, -0.25) is 9.59 Å². The van der Waals surface area contributed by atoms with Gasteiger partial charge in [0.15, 0.2) is 17.8 Å². The summed E-state index contributed by atoms with van der Waals surface area (Å²) in [5, 5.41) is 7.28. The Morgan fingerprint density at radius 1 is 1.21 bits per heavy atom. The van der Waals surface area contributed by atoms with Gasteiger partial charge < -0.3 is 15.1 Å². The van der Waals surface area contributed by atoms with Crippen molar-refractivity contribution in [3.05, 3.63) is 58.9 Å². The Morgan fingerprint density at radius 3 is 2.71 bits per heavy atom. The zero-order valence-electron chi connectivity index (χ0n) is 13.1. The molecule has 0 aliphatic rings. The lowest BCUT2D eigenvalue weighted by Gasteiger charge is -2.09. The van der Waals surface area contributed by atoms with E-state index in [1.54, 1.807) is 25.2 Å². The number of hydrogen-bond donors (Lipinski definition) is 2. The minimum Gasteiger partial charge on any atom is -0.442 e. The fourth-order valence-corrected chi connectivity index (χ4v) is 2.97. The minimum atomic E-state index is -0.358. The van der Waals surface area contributed by atoms with E-state index < -0.39 is 0 Å². The van der Waals surface area contributed by atoms with Crippen molar-refractivity contribution in [3.8, 4) is 10.6 Å². The van der Waals surface area contributed by atoms with E-state index >= 15 is 0 Å². The van der Waals surface area contributed by atoms with E-state index in [1.165, 1.54) is 17.7 Å². The lowest BCUT2D eigenvalue weighted by Crippen LogP contribution is -2.18. The van der Waals surface area contributed by atoms with Crippen molar-refractivity contribution >= 4 is 28.8 Å². The number of aromatic nitrogens is 1. The number of oxazole rings is 1. The molecule has 2 N–H and O–H groups in total. The van der Waals surface area contributed by atoms with Gasteiger partial charge in [0, 0.05) is 18.3 Å². The van der Waals surface area contributed by atoms with Crippen molar-refractivity contribution in [2.24, 2.45) is 0 Å². The standard InChI is InChI=1S/C17H15N3O3S/c1-10-8-11(16(21)18-2)5-6-12(10)20-17(22)14-15(23-9-19-14)13-4-3-7-24-13/h3-9H,1-2H3,(H,18,21)(H,20,22). The van der Waals surface area contributed by atoms with Gasteiger partial charge in [-0.25, -0.2) is 4.98 Å². The SMILES string of the molecule is CNC(=O)c1ccc(NC(=O)c2ncoc2-c2cccs2)c(C)c1. The molecule has 24 heavy (non-hydrogen) atoms. The Labute approximate surface area is 142 Å². The van der Waals surface area contributed by atoms with E-state index in [-0.39, 0.29) is 17.5 Å². The molecule has 2 heterocycles. The predicted octanol–water partition coefficient (Wildman–Crippen LogP) is 3.32. The van der Waals surface area contributed by atoms with Crippen molar-refractivity contribution < 1.29 is 14.0 Å². The molecule has 0 aliphatic carbocycles. The molecule has 1 aromatic carbocycles. The Balaban J connectivity index is 1.84. The molecule has 6 nitrogen and oxygen atoms in total. The lowest BCUT2D eigenvalue weighted by atomic mass is 10.1. The molecule has 2 amide bonds. The van der Waals surface area contributed by atoms with Gasteiger partial charge in [0.1, 0.15) is 0 Å². The average molecular weight is 341 g/mol. The van der Waals surface area contributed by atoms with Gasteiger partial charge in [-0.2, -0.15) is 0 Å². The molecule has 0 fully saturated rings. The summed E-state index contributed by atoms with van der Waals surface area (Å²) >= 11 is 1.47. The topological polar surface area (TPSA) is 84.2 Å². The Hall–Kier alpha value is -2.93. The molecule has 3 aromatic rings. The van der Waals surface area contributed by atoms with E-state index in [2.05, 4.69) is 15.6 Å². The second kappa shape index (κ2) is 6.67. The lowest BCUT2D eigenvalue weighted by molar-refractivity contribution is 0.0962. The maximum Gasteiger partial charge on any atom is 0.278 e. The zero-order valence-corrected chi connectivity index (χ0v) is 13.9. The first-order valence-electron chi connectivity index (χ1n) is 7.21. The molecular weight excluding hydrogens is 326 g/mol. The Morgan fingerprint density at radius 2 is 2.04 bits per heavy atom. The summed E-state index contributed by atoms with van der Waals surface area (Å²) in [6.07, 6.45) is 1.26. The van der Waals surface area contributed by atoms with E-state index in [0.29, 0.717) is 17.0 Å². The van der Waals surface area contributed by atoms with Crippen molar-refractivity contribution in [2.75, 3.05) is 12.4 Å². The monoisotopic (exact) mass is 341 g/mol. The maximum atomic E-state index is 12.5. The smallest absolute Gasteiger partial charge is 0.278 e. The van der Waals surface area contributed by atoms with Crippen molar-refractivity contribution in [3.63, 3.8) is 0 Å². The number of nitrogens with zero attached hydrogens (tertiary/aromatic N) is 1. The normalized spacial score (nSPS) is 10.4. The van der Waals surface area contributed by atoms with Gasteiger partial charge in [0.05, 0.1) is 4.88 Å². The van der Waals surface area contributed by atoms with Crippen LogP contribution in [0.3, 0.4) is 0 Å². The number of aryl methyl sites for hydroxylation is 1. The number of rotatable bonds is 4. The molecule has 0 saturated heterocycles. The highest BCUT2D eigenvalue weighted by Crippen LogP contribution is 2.28. The molecule has 0 aliphatic heterocycles. The van der Waals surface area contributed by atoms with Crippen LogP contribution in [0.1, 0.15) is 26.4 Å². The summed E-state index contributed by atoms with van der Waals surface area (Å²) in [6.45, 7) is 1.82. The Bertz CT molecular complexity index is 884. The highest BCUT2D eigenvalue weighted by molar-refractivity contribution is 7.13. The van der Waals surface area contributed by atoms with Crippen LogP contribution in [0.5, 0.6) is 0 Å². The number of amides is 2. The number of nitrogens with one attached hydrogen (secondary N) is 2. The summed E-state index contributed by atoms with van der Waals surface area (Å²) in [6, 6.07) is 8.82. The van der Waals surface area contributed by atoms with Crippen LogP contribution in [0, 0.1) is 6.92 Å². The summed E-state index contributed by atoms with van der Waals surface area (Å²) < 4.78 is 5.35. The van der Waals surface area contributed by atoms with Crippen molar-refractivity contribution in [1.82, 2.24) is 10.3 Å². The number of thiophene rings is 1. The van der Waals surface area contributed by atoms with Crippen LogP contribution in [-0.4, -0.2) is 23.8 Å². The quantitative estimate of drug-likeness (QED) is 0.762. The van der Waals surface area contributed by atoms with Crippen LogP contribution >= 0.6 is 11.3 Å². The second-order valence-corrected chi connectivity index (χ2v) is 6.02. The van der Waals surface area contributed by atoms with Crippen LogP contribution in [0.15, 0.2) is 46.5 Å². The van der Waals surface area contributed by atoms with Gasteiger partial charge in [0.2, 0.25) is 0 Å². The fourth-order valence-electron chi connectivity index (χ4n) is 2.26. The largest absolute Gasteiger partial charge is 0.442 e. The van der Waals surface area contributed by atoms with Gasteiger partial charge in [0.25, 0.3) is 11.8 Å². The molecule has 7 heteroatoms. The fraction of sp³-hybridized carbons (Fsp3) is 0.118. The molecule has 2 aromatic heterocycles. The number of carbonyl (C=O) groups excluding carboxylic acids is 2. The summed E-state index contributed by atoms with van der Waals surface area (Å²) in [5.74, 6) is -0.0856. The van der Waals surface area contributed by atoms with Crippen LogP contribution in [0.2, 0.25) is 0 Å². The third-order valence-electron chi connectivity index (χ3n) is 3.49. The molecule has 0 spiro atoms. The van der Waals surface area contributed by atoms with Gasteiger partial charge >= 0.3 is 0 Å². The highest BCUT2D eigenvalue weighted by Gasteiger charge is 2.19. The molecule has 122 valence electrons. The Kier molecular flexibility index (Phi) is 4.43. The summed E-state index contributed by atoms with van der Waals surface area (Å²) in [4.78, 5) is 29.0. The molecule has 0 unspecified atom stereocenters. The van der Waals surface area contributed by atoms with Crippen LogP contribution in [0.4, 0.5) is 5.69 Å². The van der Waals surface area contributed by atoms with Gasteiger partial charge in [-0.15, -0.1) is 11.3 Å². The van der Waals surface area contributed by atoms with Crippen LogP contribution in [0.25, 0.3) is 10.6 Å². The van der Waals surface area contributed by atoms with Crippen molar-refractivity contribution in [1.29, 1.82) is 0 Å². The number of carbonyl (C=O) groups is 2. The number of hydrogen-bond acceptors (Lipinski definition) is 5. The molecule has 0 saturated carbocycles. The molecular formula is C17H15N3O3S. The summed E-state index contributed by atoms with van der Waals surface area (Å²) in [7, 11) is 1.57. The molecule has 0 radical (unpaired) electrons. The minimum absolute atomic E-state index is 0.174. The zero-order chi connectivity index (χ0) is 17.1. The van der Waals surface area contributed by atoms with E-state index in [0.717, 1.165) is 10.4 Å². The highest BCUT2D eigenvalue weighted by atomic mass is 32.1. The molecule has 0 bridgehead atoms. The van der Waals surface area contributed by atoms with E-state index in [4.69, 9.17) is 4.42 Å². The second-order valence-electron chi connectivity index (χ2n) is 5.07. The third kappa shape index (κ3) is 3.07. The number of benzene rings is 1. The first kappa shape index (κ1) is 15.9. The maximum absolute atomic E-state index is 12.5. The molecule has 3 rings (SSSR count). The van der Waals surface area contributed by atoms with E-state index in [1.807, 2.05) is 24.4 Å².